The first-order valence-electron chi connectivity index (χ1n) is 13.5. The van der Waals surface area contributed by atoms with Gasteiger partial charge in [0.05, 0.1) is 29.9 Å². The van der Waals surface area contributed by atoms with Crippen LogP contribution in [0.15, 0.2) is 96.7 Å². The third-order valence-electron chi connectivity index (χ3n) is 6.87. The van der Waals surface area contributed by atoms with E-state index in [2.05, 4.69) is 16.2 Å². The fraction of sp³-hybridized carbons (Fsp3) is 0.387. The molecule has 8 nitrogen and oxygen atoms in total. The molecule has 216 valence electrons. The van der Waals surface area contributed by atoms with E-state index in [0.717, 1.165) is 17.7 Å². The van der Waals surface area contributed by atoms with Gasteiger partial charge in [-0.05, 0) is 43.0 Å². The number of rotatable bonds is 13. The Morgan fingerprint density at radius 1 is 1.15 bits per heavy atom. The summed E-state index contributed by atoms with van der Waals surface area (Å²) in [6.07, 6.45) is 4.38. The number of likely N-dealkylation sites (tertiary alicyclic amines) is 1. The number of nitrogens with one attached hydrogen (secondary N) is 1. The molecular weight excluding hydrogens is 526 g/mol. The van der Waals surface area contributed by atoms with Crippen LogP contribution in [-0.4, -0.2) is 85.0 Å². The van der Waals surface area contributed by atoms with E-state index in [1.807, 2.05) is 60.7 Å². The molecule has 0 saturated carbocycles. The van der Waals surface area contributed by atoms with Crippen molar-refractivity contribution in [3.05, 3.63) is 108 Å². The van der Waals surface area contributed by atoms with E-state index in [9.17, 15) is 23.4 Å². The van der Waals surface area contributed by atoms with Gasteiger partial charge in [-0.2, -0.15) is 0 Å². The number of β-amino-alcohol motifs (C(OH)–C–C–N with tert-alkyl or cyclic N) is 1. The van der Waals surface area contributed by atoms with Crippen molar-refractivity contribution >= 4 is 15.9 Å². The lowest BCUT2D eigenvalue weighted by Crippen LogP contribution is -2.47. The quantitative estimate of drug-likeness (QED) is 0.321. The molecule has 1 aliphatic rings. The first kappa shape index (κ1) is 31.3. The molecular formula is C31H41N3O5S. The minimum absolute atomic E-state index is 0.0747. The number of nitrogens with zero attached hydrogens (tertiary/aromatic N) is 2. The zero-order chi connectivity index (χ0) is 29.3. The fourth-order valence-electron chi connectivity index (χ4n) is 4.90. The van der Waals surface area contributed by atoms with Gasteiger partial charge in [-0.15, -0.1) is 0 Å². The van der Waals surface area contributed by atoms with Gasteiger partial charge in [-0.25, -0.2) is 8.42 Å². The van der Waals surface area contributed by atoms with Gasteiger partial charge in [0.1, 0.15) is 0 Å². The zero-order valence-corrected chi connectivity index (χ0v) is 24.3. The highest BCUT2D eigenvalue weighted by atomic mass is 32.2. The molecule has 1 heterocycles. The van der Waals surface area contributed by atoms with Gasteiger partial charge in [-0.1, -0.05) is 79.4 Å². The molecule has 0 bridgehead atoms. The molecule has 1 fully saturated rings. The van der Waals surface area contributed by atoms with E-state index in [0.29, 0.717) is 30.8 Å². The van der Waals surface area contributed by atoms with Crippen molar-refractivity contribution in [2.75, 3.05) is 32.4 Å². The van der Waals surface area contributed by atoms with Crippen molar-refractivity contribution in [2.45, 2.75) is 44.4 Å². The number of hydrogen-bond donors (Lipinski definition) is 3. The Kier molecular flexibility index (Phi) is 11.3. The van der Waals surface area contributed by atoms with Crippen molar-refractivity contribution in [3.8, 4) is 0 Å². The van der Waals surface area contributed by atoms with Gasteiger partial charge in [0, 0.05) is 32.4 Å². The summed E-state index contributed by atoms with van der Waals surface area (Å²) in [5.41, 5.74) is 2.85. The van der Waals surface area contributed by atoms with Crippen LogP contribution >= 0.6 is 0 Å². The van der Waals surface area contributed by atoms with Crippen LogP contribution in [0.4, 0.5) is 0 Å². The monoisotopic (exact) mass is 567 g/mol. The number of amides is 1. The van der Waals surface area contributed by atoms with Crippen LogP contribution in [0.25, 0.3) is 0 Å². The van der Waals surface area contributed by atoms with Crippen molar-refractivity contribution < 1.29 is 23.4 Å². The van der Waals surface area contributed by atoms with E-state index in [1.54, 1.807) is 37.1 Å². The number of carbonyl (C=O) groups excluding carboxylic acids is 1. The molecule has 0 radical (unpaired) electrons. The third kappa shape index (κ3) is 9.16. The number of carbonyl (C=O) groups is 1. The fourth-order valence-corrected chi connectivity index (χ4v) is 6.18. The largest absolute Gasteiger partial charge is 0.392 e. The van der Waals surface area contributed by atoms with Crippen LogP contribution in [0.3, 0.4) is 0 Å². The SMILES string of the molecule is C=C(/C=C\C=C(/C)NS(=O)(=O)CC(C)O)[C@@H](CN1CC[C@@H](O)C1)N(C)C(=O)C(c1ccccc1)c1ccccc1. The summed E-state index contributed by atoms with van der Waals surface area (Å²) < 4.78 is 26.7. The predicted octanol–water partition coefficient (Wildman–Crippen LogP) is 3.03. The normalized spacial score (nSPS) is 18.1. The van der Waals surface area contributed by atoms with E-state index < -0.39 is 33.9 Å². The number of benzene rings is 2. The van der Waals surface area contributed by atoms with Crippen molar-refractivity contribution in [1.82, 2.24) is 14.5 Å². The summed E-state index contributed by atoms with van der Waals surface area (Å²) in [5, 5.41) is 19.5. The lowest BCUT2D eigenvalue weighted by Gasteiger charge is -2.34. The number of aliphatic hydroxyl groups is 2. The first-order chi connectivity index (χ1) is 19.0. The van der Waals surface area contributed by atoms with E-state index in [4.69, 9.17) is 0 Å². The molecule has 9 heteroatoms. The van der Waals surface area contributed by atoms with E-state index in [1.165, 1.54) is 6.92 Å². The van der Waals surface area contributed by atoms with E-state index in [-0.39, 0.29) is 11.9 Å². The van der Waals surface area contributed by atoms with E-state index >= 15 is 0 Å². The number of sulfonamides is 1. The number of allylic oxidation sites excluding steroid dienone is 3. The highest BCUT2D eigenvalue weighted by molar-refractivity contribution is 7.89. The topological polar surface area (TPSA) is 110 Å². The van der Waals surface area contributed by atoms with Crippen LogP contribution in [-0.2, 0) is 14.8 Å². The second kappa shape index (κ2) is 14.4. The summed E-state index contributed by atoms with van der Waals surface area (Å²) in [7, 11) is -1.88. The first-order valence-corrected chi connectivity index (χ1v) is 15.1. The number of hydrogen-bond acceptors (Lipinski definition) is 6. The molecule has 3 N–H and O–H groups in total. The molecule has 0 spiro atoms. The van der Waals surface area contributed by atoms with Gasteiger partial charge < -0.3 is 15.1 Å². The van der Waals surface area contributed by atoms with Crippen molar-refractivity contribution in [2.24, 2.45) is 0 Å². The highest BCUT2D eigenvalue weighted by Crippen LogP contribution is 2.28. The Bertz CT molecular complexity index is 1250. The minimum atomic E-state index is -3.66. The van der Waals surface area contributed by atoms with Crippen LogP contribution < -0.4 is 4.72 Å². The highest BCUT2D eigenvalue weighted by Gasteiger charge is 2.32. The Balaban J connectivity index is 1.86. The molecule has 3 rings (SSSR count). The van der Waals surface area contributed by atoms with Crippen LogP contribution in [0.5, 0.6) is 0 Å². The van der Waals surface area contributed by atoms with Gasteiger partial charge in [0.25, 0.3) is 0 Å². The van der Waals surface area contributed by atoms with Gasteiger partial charge in [0.2, 0.25) is 15.9 Å². The maximum Gasteiger partial charge on any atom is 0.235 e. The lowest BCUT2D eigenvalue weighted by molar-refractivity contribution is -0.132. The second-order valence-corrected chi connectivity index (χ2v) is 12.2. The van der Waals surface area contributed by atoms with Crippen LogP contribution in [0.2, 0.25) is 0 Å². The smallest absolute Gasteiger partial charge is 0.235 e. The summed E-state index contributed by atoms with van der Waals surface area (Å²) in [6, 6.07) is 19.0. The second-order valence-electron chi connectivity index (χ2n) is 10.4. The minimum Gasteiger partial charge on any atom is -0.392 e. The summed E-state index contributed by atoms with van der Waals surface area (Å²) in [5.74, 6) is -0.967. The molecule has 2 aromatic rings. The number of aliphatic hydroxyl groups excluding tert-OH is 2. The molecule has 0 aromatic heterocycles. The Hall–Kier alpha value is -3.24. The summed E-state index contributed by atoms with van der Waals surface area (Å²) >= 11 is 0. The maximum absolute atomic E-state index is 14.1. The Labute approximate surface area is 238 Å². The number of likely N-dealkylation sites (N-methyl/N-ethyl adjacent to an activating group) is 1. The van der Waals surface area contributed by atoms with Gasteiger partial charge >= 0.3 is 0 Å². The average molecular weight is 568 g/mol. The van der Waals surface area contributed by atoms with Crippen molar-refractivity contribution in [1.29, 1.82) is 0 Å². The van der Waals surface area contributed by atoms with Crippen LogP contribution in [0, 0.1) is 0 Å². The van der Waals surface area contributed by atoms with Crippen LogP contribution in [0.1, 0.15) is 37.3 Å². The molecule has 1 amide bonds. The van der Waals surface area contributed by atoms with Crippen molar-refractivity contribution in [3.63, 3.8) is 0 Å². The molecule has 0 aliphatic carbocycles. The zero-order valence-electron chi connectivity index (χ0n) is 23.5. The van der Waals surface area contributed by atoms with Gasteiger partial charge in [0.15, 0.2) is 0 Å². The average Bonchev–Trinajstić information content (AvgIpc) is 3.31. The summed E-state index contributed by atoms with van der Waals surface area (Å²) in [4.78, 5) is 18.0. The molecule has 1 unspecified atom stereocenters. The third-order valence-corrected chi connectivity index (χ3v) is 8.42. The lowest BCUT2D eigenvalue weighted by atomic mass is 9.89. The molecule has 2 aromatic carbocycles. The maximum atomic E-state index is 14.1. The molecule has 1 aliphatic heterocycles. The summed E-state index contributed by atoms with van der Waals surface area (Å²) in [6.45, 7) is 9.06. The molecule has 1 saturated heterocycles. The Morgan fingerprint density at radius 2 is 1.73 bits per heavy atom. The predicted molar refractivity (Wildman–Crippen MR) is 159 cm³/mol. The Morgan fingerprint density at radius 3 is 2.23 bits per heavy atom. The standard InChI is InChI=1S/C31H41N3O5S/c1-23(12-11-13-24(2)32-40(38,39)22-25(3)35)29(21-34-19-18-28(36)20-34)33(4)31(37)30(26-14-7-5-8-15-26)27-16-9-6-10-17-27/h5-17,25,28-30,32,35-36H,1,18-22H2,2-4H3/b12-11-,24-13+/t25?,28-,29-/m1/s1. The molecule has 3 atom stereocenters. The molecule has 40 heavy (non-hydrogen) atoms. The van der Waals surface area contributed by atoms with Gasteiger partial charge in [-0.3, -0.25) is 14.4 Å².